The van der Waals surface area contributed by atoms with Gasteiger partial charge in [0, 0.05) is 37.8 Å². The number of aliphatic carboxylic acids is 1. The molecule has 0 radical (unpaired) electrons. The Kier molecular flexibility index (Phi) is 10.6. The molecule has 0 unspecified atom stereocenters. The Bertz CT molecular complexity index is 1610. The zero-order valence-electron chi connectivity index (χ0n) is 24.8. The van der Waals surface area contributed by atoms with Gasteiger partial charge in [0.25, 0.3) is 5.91 Å². The third-order valence-electron chi connectivity index (χ3n) is 6.93. The van der Waals surface area contributed by atoms with Gasteiger partial charge >= 0.3 is 12.1 Å². The van der Waals surface area contributed by atoms with Gasteiger partial charge in [-0.25, -0.2) is 14.8 Å². The van der Waals surface area contributed by atoms with Crippen molar-refractivity contribution in [1.29, 1.82) is 0 Å². The number of carbonyl (C=O) groups excluding carboxylic acids is 1. The first kappa shape index (κ1) is 32.8. The molecule has 14 heteroatoms. The number of ether oxygens (including phenoxy) is 2. The third kappa shape index (κ3) is 8.94. The molecule has 238 valence electrons. The van der Waals surface area contributed by atoms with E-state index >= 15 is 0 Å². The number of fused-ring (bicyclic) bond motifs is 1. The van der Waals surface area contributed by atoms with Crippen LogP contribution in [0.5, 0.6) is 17.4 Å². The lowest BCUT2D eigenvalue weighted by atomic mass is 9.91. The number of benzene rings is 2. The number of nitrogens with one attached hydrogen (secondary N) is 2. The summed E-state index contributed by atoms with van der Waals surface area (Å²) in [6.45, 7) is 0. The summed E-state index contributed by atoms with van der Waals surface area (Å²) >= 11 is 0. The van der Waals surface area contributed by atoms with Gasteiger partial charge in [-0.1, -0.05) is 12.1 Å². The van der Waals surface area contributed by atoms with E-state index in [0.717, 1.165) is 48.2 Å². The molecule has 1 aliphatic rings. The summed E-state index contributed by atoms with van der Waals surface area (Å²) in [6.07, 6.45) is 0.0450. The predicted molar refractivity (Wildman–Crippen MR) is 162 cm³/mol. The zero-order valence-corrected chi connectivity index (χ0v) is 24.8. The van der Waals surface area contributed by atoms with Crippen LogP contribution < -0.4 is 25.0 Å². The van der Waals surface area contributed by atoms with E-state index in [9.17, 15) is 18.0 Å². The van der Waals surface area contributed by atoms with E-state index in [4.69, 9.17) is 29.3 Å². The molecule has 5 rings (SSSR count). The lowest BCUT2D eigenvalue weighted by molar-refractivity contribution is -0.192. The molecule has 2 aromatic heterocycles. The fourth-order valence-electron chi connectivity index (χ4n) is 4.69. The summed E-state index contributed by atoms with van der Waals surface area (Å²) < 4.78 is 42.8. The van der Waals surface area contributed by atoms with Gasteiger partial charge in [-0.3, -0.25) is 4.79 Å². The quantitative estimate of drug-likeness (QED) is 0.224. The van der Waals surface area contributed by atoms with Crippen molar-refractivity contribution in [2.75, 3.05) is 31.4 Å². The zero-order chi connectivity index (χ0) is 32.6. The number of rotatable bonds is 8. The summed E-state index contributed by atoms with van der Waals surface area (Å²) in [5.41, 5.74) is 1.32. The number of para-hydroxylation sites is 1. The van der Waals surface area contributed by atoms with E-state index in [0.29, 0.717) is 17.3 Å². The Morgan fingerprint density at radius 1 is 0.911 bits per heavy atom. The van der Waals surface area contributed by atoms with Gasteiger partial charge in [0.1, 0.15) is 22.9 Å². The van der Waals surface area contributed by atoms with Gasteiger partial charge in [-0.05, 0) is 74.2 Å². The van der Waals surface area contributed by atoms with Gasteiger partial charge in [0.15, 0.2) is 0 Å². The standard InChI is InChI=1S/C29H32N6O3.C2HF3O2/c1-35(2)26-23-7-4-5-9-25(23)33-29(34-26)32-20-12-10-19(11-13-20)31-27(36)24-8-6-18-30-28(24)38-22-16-14-21(37-3)15-17-22;3-2(4,5)1(6)7/h4-9,14-20H,10-13H2,1-3H3,(H,31,36)(H,32,33,34);(H,6,7)/t19-,20+;. The average Bonchev–Trinajstić information content (AvgIpc) is 3.02. The monoisotopic (exact) mass is 626 g/mol. The van der Waals surface area contributed by atoms with E-state index in [-0.39, 0.29) is 23.9 Å². The first-order valence-corrected chi connectivity index (χ1v) is 14.0. The van der Waals surface area contributed by atoms with Crippen molar-refractivity contribution in [1.82, 2.24) is 20.3 Å². The Labute approximate surface area is 257 Å². The number of pyridine rings is 1. The first-order chi connectivity index (χ1) is 21.4. The highest BCUT2D eigenvalue weighted by Gasteiger charge is 2.38. The molecule has 0 spiro atoms. The van der Waals surface area contributed by atoms with E-state index in [1.54, 1.807) is 49.7 Å². The van der Waals surface area contributed by atoms with Crippen LogP contribution in [0.4, 0.5) is 24.9 Å². The average molecular weight is 627 g/mol. The van der Waals surface area contributed by atoms with Crippen molar-refractivity contribution < 1.29 is 37.3 Å². The molecule has 0 atom stereocenters. The van der Waals surface area contributed by atoms with Crippen molar-refractivity contribution in [2.45, 2.75) is 43.9 Å². The molecule has 11 nitrogen and oxygen atoms in total. The van der Waals surface area contributed by atoms with Gasteiger partial charge < -0.3 is 30.1 Å². The van der Waals surface area contributed by atoms with Gasteiger partial charge in [0.2, 0.25) is 11.8 Å². The maximum atomic E-state index is 13.1. The number of hydrogen-bond donors (Lipinski definition) is 3. The fourth-order valence-corrected chi connectivity index (χ4v) is 4.69. The number of halogens is 3. The molecule has 0 saturated heterocycles. The van der Waals surface area contributed by atoms with Crippen molar-refractivity contribution in [3.63, 3.8) is 0 Å². The van der Waals surface area contributed by atoms with E-state index in [1.807, 2.05) is 43.3 Å². The smallest absolute Gasteiger partial charge is 0.490 e. The molecule has 3 N–H and O–H groups in total. The minimum absolute atomic E-state index is 0.0736. The van der Waals surface area contributed by atoms with E-state index in [2.05, 4.69) is 15.6 Å². The van der Waals surface area contributed by atoms with Crippen LogP contribution in [0.2, 0.25) is 0 Å². The number of carboxylic acids is 1. The molecular formula is C31H33F3N6O5. The van der Waals surface area contributed by atoms with E-state index in [1.165, 1.54) is 0 Å². The number of anilines is 2. The molecular weight excluding hydrogens is 593 g/mol. The number of nitrogens with zero attached hydrogens (tertiary/aromatic N) is 4. The summed E-state index contributed by atoms with van der Waals surface area (Å²) in [7, 11) is 5.59. The van der Waals surface area contributed by atoms with Crippen molar-refractivity contribution in [3.05, 3.63) is 72.4 Å². The molecule has 0 bridgehead atoms. The molecule has 45 heavy (non-hydrogen) atoms. The van der Waals surface area contributed by atoms with Crippen molar-refractivity contribution in [3.8, 4) is 17.4 Å². The largest absolute Gasteiger partial charge is 0.497 e. The minimum Gasteiger partial charge on any atom is -0.497 e. The second-order valence-corrected chi connectivity index (χ2v) is 10.4. The number of methoxy groups -OCH3 is 1. The Morgan fingerprint density at radius 2 is 1.53 bits per heavy atom. The van der Waals surface area contributed by atoms with Crippen LogP contribution in [0.15, 0.2) is 66.9 Å². The fraction of sp³-hybridized carbons (Fsp3) is 0.323. The van der Waals surface area contributed by atoms with Crippen molar-refractivity contribution in [2.24, 2.45) is 0 Å². The topological polar surface area (TPSA) is 139 Å². The SMILES string of the molecule is COc1ccc(Oc2ncccc2C(=O)N[C@H]2CC[C@@H](Nc3nc(N(C)C)c4ccccc4n3)CC2)cc1.O=C(O)C(F)(F)F. The molecule has 2 aromatic carbocycles. The number of carboxylic acid groups (broad SMARTS) is 1. The normalized spacial score (nSPS) is 16.1. The summed E-state index contributed by atoms with van der Waals surface area (Å²) in [4.78, 5) is 37.8. The number of carbonyl (C=O) groups is 2. The highest BCUT2D eigenvalue weighted by molar-refractivity contribution is 5.96. The van der Waals surface area contributed by atoms with Crippen molar-refractivity contribution >= 4 is 34.5 Å². The lowest BCUT2D eigenvalue weighted by Crippen LogP contribution is -2.40. The summed E-state index contributed by atoms with van der Waals surface area (Å²) in [5.74, 6) is 0.165. The molecule has 1 saturated carbocycles. The predicted octanol–water partition coefficient (Wildman–Crippen LogP) is 5.68. The molecule has 2 heterocycles. The third-order valence-corrected chi connectivity index (χ3v) is 6.93. The van der Waals surface area contributed by atoms with Crippen LogP contribution in [0.25, 0.3) is 10.9 Å². The Morgan fingerprint density at radius 3 is 2.16 bits per heavy atom. The molecule has 1 amide bonds. The Hall–Kier alpha value is -5.14. The molecule has 4 aromatic rings. The molecule has 1 aliphatic carbocycles. The number of hydrogen-bond acceptors (Lipinski definition) is 9. The van der Waals surface area contributed by atoms with E-state index < -0.39 is 12.1 Å². The summed E-state index contributed by atoms with van der Waals surface area (Å²) in [6, 6.07) is 19.0. The van der Waals surface area contributed by atoms with Crippen LogP contribution in [0.1, 0.15) is 36.0 Å². The number of amides is 1. The van der Waals surface area contributed by atoms with Gasteiger partial charge in [-0.15, -0.1) is 0 Å². The van der Waals surface area contributed by atoms with Crippen LogP contribution in [-0.2, 0) is 4.79 Å². The second-order valence-electron chi connectivity index (χ2n) is 10.4. The maximum Gasteiger partial charge on any atom is 0.490 e. The lowest BCUT2D eigenvalue weighted by Gasteiger charge is -2.30. The molecule has 0 aliphatic heterocycles. The highest BCUT2D eigenvalue weighted by Crippen LogP contribution is 2.28. The number of alkyl halides is 3. The van der Waals surface area contributed by atoms with Crippen LogP contribution in [0.3, 0.4) is 0 Å². The summed E-state index contributed by atoms with van der Waals surface area (Å²) in [5, 5.41) is 14.8. The molecule has 1 fully saturated rings. The highest BCUT2D eigenvalue weighted by atomic mass is 19.4. The van der Waals surface area contributed by atoms with Crippen LogP contribution >= 0.6 is 0 Å². The van der Waals surface area contributed by atoms with Gasteiger partial charge in [0.05, 0.1) is 12.6 Å². The van der Waals surface area contributed by atoms with Crippen LogP contribution in [-0.4, -0.2) is 71.4 Å². The second kappa shape index (κ2) is 14.6. The van der Waals surface area contributed by atoms with Crippen LogP contribution in [0, 0.1) is 0 Å². The van der Waals surface area contributed by atoms with Gasteiger partial charge in [-0.2, -0.15) is 18.2 Å². The number of aromatic nitrogens is 3. The Balaban J connectivity index is 0.000000591. The minimum atomic E-state index is -5.08. The first-order valence-electron chi connectivity index (χ1n) is 14.0. The maximum absolute atomic E-state index is 13.1.